The minimum Gasteiger partial charge on any atom is -0.501 e. The van der Waals surface area contributed by atoms with Gasteiger partial charge in [0.2, 0.25) is 0 Å². The Morgan fingerprint density at radius 2 is 1.85 bits per heavy atom. The summed E-state index contributed by atoms with van der Waals surface area (Å²) in [6.45, 7) is 6.25. The highest BCUT2D eigenvalue weighted by molar-refractivity contribution is 5.98. The molecule has 1 rings (SSSR count). The second-order valence-electron chi connectivity index (χ2n) is 3.96. The van der Waals surface area contributed by atoms with Crippen molar-refractivity contribution in [3.8, 4) is 0 Å². The largest absolute Gasteiger partial charge is 0.501 e. The first kappa shape index (κ1) is 16.0. The average molecular weight is 280 g/mol. The summed E-state index contributed by atoms with van der Waals surface area (Å²) in [7, 11) is 0. The van der Waals surface area contributed by atoms with Crippen LogP contribution in [-0.2, 0) is 23.8 Å². The van der Waals surface area contributed by atoms with Crippen molar-refractivity contribution < 1.29 is 23.8 Å². The molecule has 5 nitrogen and oxygen atoms in total. The van der Waals surface area contributed by atoms with Gasteiger partial charge in [-0.1, -0.05) is 18.2 Å². The minimum atomic E-state index is -0.800. The molecule has 0 aromatic heterocycles. The summed E-state index contributed by atoms with van der Waals surface area (Å²) < 4.78 is 15.2. The van der Waals surface area contributed by atoms with Gasteiger partial charge in [-0.2, -0.15) is 0 Å². The van der Waals surface area contributed by atoms with Crippen LogP contribution in [0.15, 0.2) is 35.6 Å². The number of carbonyl (C=O) groups excluding carboxylic acids is 2. The molecule has 0 spiro atoms. The summed E-state index contributed by atoms with van der Waals surface area (Å²) in [5, 5.41) is 0. The third kappa shape index (κ3) is 3.98. The summed E-state index contributed by atoms with van der Waals surface area (Å²) in [6, 6.07) is 0. The third-order valence-corrected chi connectivity index (χ3v) is 2.63. The van der Waals surface area contributed by atoms with Crippen LogP contribution in [0.25, 0.3) is 0 Å². The van der Waals surface area contributed by atoms with E-state index in [2.05, 4.69) is 0 Å². The zero-order valence-corrected chi connectivity index (χ0v) is 12.0. The Hall–Kier alpha value is -2.04. The van der Waals surface area contributed by atoms with Gasteiger partial charge in [-0.05, 0) is 20.8 Å². The molecular formula is C15H20O5. The van der Waals surface area contributed by atoms with Crippen molar-refractivity contribution in [1.29, 1.82) is 0 Å². The predicted molar refractivity (Wildman–Crippen MR) is 73.7 cm³/mol. The monoisotopic (exact) mass is 280 g/mol. The van der Waals surface area contributed by atoms with Crippen molar-refractivity contribution >= 4 is 11.9 Å². The molecule has 0 bridgehead atoms. The number of rotatable bonds is 6. The van der Waals surface area contributed by atoms with E-state index >= 15 is 0 Å². The zero-order valence-electron chi connectivity index (χ0n) is 12.0. The minimum absolute atomic E-state index is 0.247. The summed E-state index contributed by atoms with van der Waals surface area (Å²) >= 11 is 0. The molecule has 0 saturated heterocycles. The SMILES string of the molecule is CCOC=C1C=CC=C(C(=O)OCC)C1C(=O)OCC. The van der Waals surface area contributed by atoms with E-state index in [9.17, 15) is 9.59 Å². The molecule has 1 unspecified atom stereocenters. The molecular weight excluding hydrogens is 260 g/mol. The maximum Gasteiger partial charge on any atom is 0.335 e. The van der Waals surface area contributed by atoms with Gasteiger partial charge in [0.05, 0.1) is 31.7 Å². The molecule has 1 aliphatic rings. The van der Waals surface area contributed by atoms with Crippen molar-refractivity contribution in [2.75, 3.05) is 19.8 Å². The molecule has 0 fully saturated rings. The van der Waals surface area contributed by atoms with Gasteiger partial charge in [-0.15, -0.1) is 0 Å². The van der Waals surface area contributed by atoms with Crippen LogP contribution >= 0.6 is 0 Å². The summed E-state index contributed by atoms with van der Waals surface area (Å²) in [5.41, 5.74) is 0.842. The average Bonchev–Trinajstić information content (AvgIpc) is 2.45. The number of allylic oxidation sites excluding steroid dienone is 3. The van der Waals surface area contributed by atoms with E-state index in [1.165, 1.54) is 6.26 Å². The molecule has 0 aromatic rings. The molecule has 110 valence electrons. The second-order valence-corrected chi connectivity index (χ2v) is 3.96. The van der Waals surface area contributed by atoms with Gasteiger partial charge in [0.1, 0.15) is 5.92 Å². The smallest absolute Gasteiger partial charge is 0.335 e. The fourth-order valence-corrected chi connectivity index (χ4v) is 1.81. The first-order valence-corrected chi connectivity index (χ1v) is 6.69. The molecule has 20 heavy (non-hydrogen) atoms. The van der Waals surface area contributed by atoms with Gasteiger partial charge in [-0.3, -0.25) is 4.79 Å². The van der Waals surface area contributed by atoms with Crippen LogP contribution in [-0.4, -0.2) is 31.8 Å². The van der Waals surface area contributed by atoms with Crippen molar-refractivity contribution in [2.24, 2.45) is 5.92 Å². The molecule has 0 N–H and O–H groups in total. The quantitative estimate of drug-likeness (QED) is 0.551. The Morgan fingerprint density at radius 3 is 2.45 bits per heavy atom. The molecule has 0 heterocycles. The number of esters is 2. The summed E-state index contributed by atoms with van der Waals surface area (Å²) in [5.74, 6) is -1.80. The lowest BCUT2D eigenvalue weighted by molar-refractivity contribution is -0.148. The number of ether oxygens (including phenoxy) is 3. The van der Waals surface area contributed by atoms with Crippen molar-refractivity contribution in [3.05, 3.63) is 35.6 Å². The lowest BCUT2D eigenvalue weighted by atomic mass is 9.87. The highest BCUT2D eigenvalue weighted by atomic mass is 16.5. The first-order valence-electron chi connectivity index (χ1n) is 6.69. The highest BCUT2D eigenvalue weighted by Gasteiger charge is 2.33. The topological polar surface area (TPSA) is 61.8 Å². The van der Waals surface area contributed by atoms with Crippen LogP contribution in [0, 0.1) is 5.92 Å². The molecule has 1 aliphatic carbocycles. The fraction of sp³-hybridized carbons (Fsp3) is 0.467. The highest BCUT2D eigenvalue weighted by Crippen LogP contribution is 2.28. The molecule has 1 atom stereocenters. The van der Waals surface area contributed by atoms with Crippen molar-refractivity contribution in [3.63, 3.8) is 0 Å². The van der Waals surface area contributed by atoms with E-state index in [-0.39, 0.29) is 18.8 Å². The van der Waals surface area contributed by atoms with Gasteiger partial charge in [0.15, 0.2) is 0 Å². The Kier molecular flexibility index (Phi) is 6.56. The molecule has 0 aromatic carbocycles. The fourth-order valence-electron chi connectivity index (χ4n) is 1.81. The van der Waals surface area contributed by atoms with Crippen LogP contribution in [0.3, 0.4) is 0 Å². The number of hydrogen-bond donors (Lipinski definition) is 0. The van der Waals surface area contributed by atoms with Crippen molar-refractivity contribution in [1.82, 2.24) is 0 Å². The van der Waals surface area contributed by atoms with E-state index in [0.29, 0.717) is 12.2 Å². The predicted octanol–water partition coefficient (Wildman–Crippen LogP) is 2.15. The Bertz CT molecular complexity index is 445. The summed E-state index contributed by atoms with van der Waals surface area (Å²) in [6.07, 6.45) is 6.46. The Balaban J connectivity index is 3.06. The van der Waals surface area contributed by atoms with E-state index in [1.807, 2.05) is 6.92 Å². The Labute approximate surface area is 118 Å². The maximum absolute atomic E-state index is 12.1. The lowest BCUT2D eigenvalue weighted by Gasteiger charge is -2.21. The normalized spacial score (nSPS) is 19.4. The molecule has 0 saturated carbocycles. The first-order chi connectivity index (χ1) is 9.65. The van der Waals surface area contributed by atoms with Crippen LogP contribution in [0.2, 0.25) is 0 Å². The molecule has 0 aliphatic heterocycles. The van der Waals surface area contributed by atoms with Gasteiger partial charge >= 0.3 is 11.9 Å². The third-order valence-electron chi connectivity index (χ3n) is 2.63. The van der Waals surface area contributed by atoms with E-state index in [1.54, 1.807) is 32.1 Å². The number of hydrogen-bond acceptors (Lipinski definition) is 5. The molecule has 5 heteroatoms. The molecule has 0 radical (unpaired) electrons. The van der Waals surface area contributed by atoms with Gasteiger partial charge in [0, 0.05) is 5.57 Å². The zero-order chi connectivity index (χ0) is 15.0. The van der Waals surface area contributed by atoms with E-state index in [4.69, 9.17) is 14.2 Å². The van der Waals surface area contributed by atoms with Crippen LogP contribution in [0.5, 0.6) is 0 Å². The second kappa shape index (κ2) is 8.19. The number of carbonyl (C=O) groups is 2. The Morgan fingerprint density at radius 1 is 1.15 bits per heavy atom. The van der Waals surface area contributed by atoms with Gasteiger partial charge in [0.25, 0.3) is 0 Å². The van der Waals surface area contributed by atoms with Gasteiger partial charge < -0.3 is 14.2 Å². The van der Waals surface area contributed by atoms with E-state index in [0.717, 1.165) is 0 Å². The van der Waals surface area contributed by atoms with Crippen LogP contribution < -0.4 is 0 Å². The van der Waals surface area contributed by atoms with Gasteiger partial charge in [-0.25, -0.2) is 4.79 Å². The van der Waals surface area contributed by atoms with Crippen LogP contribution in [0.4, 0.5) is 0 Å². The molecule has 0 amide bonds. The lowest BCUT2D eigenvalue weighted by Crippen LogP contribution is -2.28. The maximum atomic E-state index is 12.1. The van der Waals surface area contributed by atoms with E-state index < -0.39 is 17.9 Å². The summed E-state index contributed by atoms with van der Waals surface area (Å²) in [4.78, 5) is 24.0. The van der Waals surface area contributed by atoms with Crippen molar-refractivity contribution in [2.45, 2.75) is 20.8 Å². The van der Waals surface area contributed by atoms with Crippen LogP contribution in [0.1, 0.15) is 20.8 Å². The standard InChI is InChI=1S/C15H20O5/c1-4-18-10-11-8-7-9-12(14(16)19-5-2)13(11)15(17)20-6-3/h7-10,13H,4-6H2,1-3H3.